The molecule has 0 unspecified atom stereocenters. The minimum absolute atomic E-state index is 0.0375. The first-order valence-electron chi connectivity index (χ1n) is 6.95. The molecular weight excluding hydrogens is 292 g/mol. The van der Waals surface area contributed by atoms with Crippen LogP contribution in [0.2, 0.25) is 0 Å². The fraction of sp³-hybridized carbons (Fsp3) is 0.500. The van der Waals surface area contributed by atoms with Crippen molar-refractivity contribution in [2.75, 3.05) is 11.9 Å². The molecule has 0 fully saturated rings. The van der Waals surface area contributed by atoms with Crippen LogP contribution in [0.25, 0.3) is 0 Å². The molecule has 118 valence electrons. The summed E-state index contributed by atoms with van der Waals surface area (Å²) in [5.74, 6) is -1.16. The first-order valence-corrected chi connectivity index (χ1v) is 8.43. The molecule has 1 atom stereocenters. The van der Waals surface area contributed by atoms with E-state index in [0.29, 0.717) is 12.2 Å². The summed E-state index contributed by atoms with van der Waals surface area (Å²) in [6, 6.07) is 3.88. The summed E-state index contributed by atoms with van der Waals surface area (Å²) in [4.78, 5) is 11.2. The van der Waals surface area contributed by atoms with Crippen LogP contribution in [0.3, 0.4) is 0 Å². The lowest BCUT2D eigenvalue weighted by Gasteiger charge is -2.15. The lowest BCUT2D eigenvalue weighted by atomic mass is 10.2. The van der Waals surface area contributed by atoms with Gasteiger partial charge in [0.1, 0.15) is 0 Å². The minimum atomic E-state index is -3.71. The molecule has 0 aliphatic rings. The van der Waals surface area contributed by atoms with Crippen molar-refractivity contribution in [3.8, 4) is 0 Å². The van der Waals surface area contributed by atoms with Gasteiger partial charge in [0.2, 0.25) is 10.0 Å². The molecule has 0 bridgehead atoms. The Morgan fingerprint density at radius 2 is 2.00 bits per heavy atom. The fourth-order valence-electron chi connectivity index (χ4n) is 2.04. The summed E-state index contributed by atoms with van der Waals surface area (Å²) in [5, 5.41) is 12.1. The topological polar surface area (TPSA) is 95.5 Å². The Hall–Kier alpha value is -1.60. The lowest BCUT2D eigenvalue weighted by Crippen LogP contribution is -2.32. The molecule has 0 aliphatic heterocycles. The Morgan fingerprint density at radius 1 is 1.33 bits per heavy atom. The molecule has 7 heteroatoms. The summed E-state index contributed by atoms with van der Waals surface area (Å²) in [6.07, 6.45) is 1.59. The number of hydrogen-bond donors (Lipinski definition) is 3. The van der Waals surface area contributed by atoms with E-state index < -0.39 is 16.0 Å². The highest BCUT2D eigenvalue weighted by molar-refractivity contribution is 7.89. The third-order valence-corrected chi connectivity index (χ3v) is 4.56. The summed E-state index contributed by atoms with van der Waals surface area (Å²) in [5.41, 5.74) is 0.355. The van der Waals surface area contributed by atoms with Gasteiger partial charge in [-0.15, -0.1) is 0 Å². The van der Waals surface area contributed by atoms with Gasteiger partial charge < -0.3 is 10.4 Å². The van der Waals surface area contributed by atoms with Crippen LogP contribution in [-0.2, 0) is 10.0 Å². The van der Waals surface area contributed by atoms with Crippen LogP contribution in [-0.4, -0.2) is 32.1 Å². The quantitative estimate of drug-likeness (QED) is 0.684. The van der Waals surface area contributed by atoms with Crippen LogP contribution >= 0.6 is 0 Å². The normalized spacial score (nSPS) is 12.9. The van der Waals surface area contributed by atoms with Gasteiger partial charge in [-0.3, -0.25) is 0 Å². The van der Waals surface area contributed by atoms with Gasteiger partial charge in [-0.1, -0.05) is 13.3 Å². The van der Waals surface area contributed by atoms with Crippen LogP contribution in [0, 0.1) is 0 Å². The number of hydrogen-bond acceptors (Lipinski definition) is 4. The maximum atomic E-state index is 12.2. The zero-order valence-corrected chi connectivity index (χ0v) is 13.3. The number of carbonyl (C=O) groups is 1. The van der Waals surface area contributed by atoms with E-state index in [1.54, 1.807) is 6.92 Å². The van der Waals surface area contributed by atoms with Crippen LogP contribution in [0.15, 0.2) is 23.1 Å². The Bertz CT molecular complexity index is 599. The highest BCUT2D eigenvalue weighted by Crippen LogP contribution is 2.21. The van der Waals surface area contributed by atoms with Gasteiger partial charge in [0.25, 0.3) is 0 Å². The number of aromatic carboxylic acids is 1. The molecule has 0 amide bonds. The van der Waals surface area contributed by atoms with Crippen molar-refractivity contribution in [1.82, 2.24) is 4.72 Å². The third kappa shape index (κ3) is 4.71. The average Bonchev–Trinajstić information content (AvgIpc) is 2.38. The number of carboxylic acids is 1. The maximum absolute atomic E-state index is 12.2. The summed E-state index contributed by atoms with van der Waals surface area (Å²) in [6.45, 7) is 6.15. The van der Waals surface area contributed by atoms with E-state index in [9.17, 15) is 18.3 Å². The average molecular weight is 314 g/mol. The first-order chi connectivity index (χ1) is 9.81. The number of rotatable bonds is 8. The maximum Gasteiger partial charge on any atom is 0.337 e. The van der Waals surface area contributed by atoms with E-state index in [-0.39, 0.29) is 16.5 Å². The second kappa shape index (κ2) is 7.42. The van der Waals surface area contributed by atoms with Crippen LogP contribution in [0.5, 0.6) is 0 Å². The molecule has 6 nitrogen and oxygen atoms in total. The Morgan fingerprint density at radius 3 is 2.52 bits per heavy atom. The molecule has 1 rings (SSSR count). The van der Waals surface area contributed by atoms with E-state index in [2.05, 4.69) is 10.0 Å². The zero-order valence-electron chi connectivity index (χ0n) is 12.5. The van der Waals surface area contributed by atoms with Gasteiger partial charge in [0, 0.05) is 18.3 Å². The summed E-state index contributed by atoms with van der Waals surface area (Å²) >= 11 is 0. The van der Waals surface area contributed by atoms with E-state index in [0.717, 1.165) is 12.8 Å². The lowest BCUT2D eigenvalue weighted by molar-refractivity contribution is 0.0697. The largest absolute Gasteiger partial charge is 0.478 e. The molecule has 1 aromatic carbocycles. The molecule has 0 aromatic heterocycles. The Labute approximate surface area is 125 Å². The Kier molecular flexibility index (Phi) is 6.17. The zero-order chi connectivity index (χ0) is 16.0. The van der Waals surface area contributed by atoms with Gasteiger partial charge in [0.05, 0.1) is 10.5 Å². The molecule has 21 heavy (non-hydrogen) atoms. The molecule has 1 aromatic rings. The van der Waals surface area contributed by atoms with Crippen molar-refractivity contribution in [3.05, 3.63) is 23.8 Å². The van der Waals surface area contributed by atoms with Crippen molar-refractivity contribution in [1.29, 1.82) is 0 Å². The van der Waals surface area contributed by atoms with Crippen LogP contribution in [0.4, 0.5) is 5.69 Å². The van der Waals surface area contributed by atoms with E-state index in [1.165, 1.54) is 18.2 Å². The van der Waals surface area contributed by atoms with Crippen molar-refractivity contribution in [2.24, 2.45) is 0 Å². The van der Waals surface area contributed by atoms with E-state index in [1.807, 2.05) is 13.8 Å². The van der Waals surface area contributed by atoms with Crippen molar-refractivity contribution < 1.29 is 18.3 Å². The monoisotopic (exact) mass is 314 g/mol. The van der Waals surface area contributed by atoms with Crippen molar-refractivity contribution >= 4 is 21.7 Å². The molecule has 0 heterocycles. The van der Waals surface area contributed by atoms with Crippen molar-refractivity contribution in [3.63, 3.8) is 0 Å². The third-order valence-electron chi connectivity index (χ3n) is 2.98. The number of sulfonamides is 1. The van der Waals surface area contributed by atoms with Crippen LogP contribution < -0.4 is 10.0 Å². The number of carboxylic acid groups (broad SMARTS) is 1. The van der Waals surface area contributed by atoms with Gasteiger partial charge in [-0.25, -0.2) is 17.9 Å². The highest BCUT2D eigenvalue weighted by atomic mass is 32.2. The van der Waals surface area contributed by atoms with Gasteiger partial charge >= 0.3 is 5.97 Å². The van der Waals surface area contributed by atoms with Gasteiger partial charge in [0.15, 0.2) is 0 Å². The highest BCUT2D eigenvalue weighted by Gasteiger charge is 2.20. The molecule has 0 saturated carbocycles. The molecular formula is C14H22N2O4S. The second-order valence-electron chi connectivity index (χ2n) is 4.85. The van der Waals surface area contributed by atoms with Crippen molar-refractivity contribution in [2.45, 2.75) is 44.6 Å². The fourth-order valence-corrected chi connectivity index (χ4v) is 3.34. The molecule has 0 radical (unpaired) electrons. The SMILES string of the molecule is CCC[C@@H](C)NS(=O)(=O)c1ccc(NCC)c(C(=O)O)c1. The smallest absolute Gasteiger partial charge is 0.337 e. The summed E-state index contributed by atoms with van der Waals surface area (Å²) in [7, 11) is -3.71. The molecule has 0 saturated heterocycles. The standard InChI is InChI=1S/C14H22N2O4S/c1-4-6-10(3)16-21(19,20)11-7-8-13(15-5-2)12(9-11)14(17)18/h7-10,15-16H,4-6H2,1-3H3,(H,17,18)/t10-/m1/s1. The first kappa shape index (κ1) is 17.5. The molecule has 0 spiro atoms. The van der Waals surface area contributed by atoms with Gasteiger partial charge in [-0.2, -0.15) is 0 Å². The van der Waals surface area contributed by atoms with Gasteiger partial charge in [-0.05, 0) is 38.5 Å². The summed E-state index contributed by atoms with van der Waals surface area (Å²) < 4.78 is 27.0. The van der Waals surface area contributed by atoms with E-state index in [4.69, 9.17) is 0 Å². The number of nitrogens with one attached hydrogen (secondary N) is 2. The predicted molar refractivity (Wildman–Crippen MR) is 82.3 cm³/mol. The second-order valence-corrected chi connectivity index (χ2v) is 6.57. The molecule has 0 aliphatic carbocycles. The van der Waals surface area contributed by atoms with E-state index >= 15 is 0 Å². The number of benzene rings is 1. The van der Waals surface area contributed by atoms with Crippen LogP contribution in [0.1, 0.15) is 44.0 Å². The molecule has 3 N–H and O–H groups in total. The number of anilines is 1. The predicted octanol–water partition coefficient (Wildman–Crippen LogP) is 2.28. The minimum Gasteiger partial charge on any atom is -0.478 e. The Balaban J connectivity index is 3.13.